The van der Waals surface area contributed by atoms with E-state index in [0.717, 1.165) is 36.5 Å². The molecule has 0 saturated heterocycles. The maximum Gasteiger partial charge on any atom is 0.0899 e. The third kappa shape index (κ3) is 3.37. The SMILES string of the molecule is O[C@H](c1ccc(Br)cc1)[C@@H](c1ccc(Br)cc1)c1c[nH]c2ccccc12. The topological polar surface area (TPSA) is 36.0 Å². The predicted octanol–water partition coefficient (Wildman–Crippen LogP) is 6.56. The van der Waals surface area contributed by atoms with Crippen LogP contribution in [0.3, 0.4) is 0 Å². The lowest BCUT2D eigenvalue weighted by atomic mass is 9.83. The second-order valence-electron chi connectivity index (χ2n) is 6.32. The summed E-state index contributed by atoms with van der Waals surface area (Å²) >= 11 is 6.96. The van der Waals surface area contributed by atoms with Gasteiger partial charge in [-0.2, -0.15) is 0 Å². The zero-order valence-electron chi connectivity index (χ0n) is 13.9. The van der Waals surface area contributed by atoms with E-state index in [4.69, 9.17) is 0 Å². The number of rotatable bonds is 4. The van der Waals surface area contributed by atoms with Crippen molar-refractivity contribution in [3.05, 3.63) is 105 Å². The van der Waals surface area contributed by atoms with E-state index in [1.54, 1.807) is 0 Å². The van der Waals surface area contributed by atoms with Crippen LogP contribution in [0.1, 0.15) is 28.7 Å². The van der Waals surface area contributed by atoms with Crippen molar-refractivity contribution in [2.75, 3.05) is 0 Å². The van der Waals surface area contributed by atoms with Gasteiger partial charge in [0, 0.05) is 32.0 Å². The summed E-state index contributed by atoms with van der Waals surface area (Å²) in [5, 5.41) is 12.4. The Kier molecular flexibility index (Phi) is 4.98. The molecule has 0 bridgehead atoms. The van der Waals surface area contributed by atoms with Crippen molar-refractivity contribution >= 4 is 42.8 Å². The number of para-hydroxylation sites is 1. The maximum atomic E-state index is 11.3. The van der Waals surface area contributed by atoms with E-state index in [-0.39, 0.29) is 5.92 Å². The molecule has 0 unspecified atom stereocenters. The van der Waals surface area contributed by atoms with Crippen LogP contribution in [0.2, 0.25) is 0 Å². The third-order valence-corrected chi connectivity index (χ3v) is 5.77. The minimum absolute atomic E-state index is 0.166. The number of hydrogen-bond donors (Lipinski definition) is 2. The molecule has 2 nitrogen and oxygen atoms in total. The molecule has 4 aromatic rings. The number of fused-ring (bicyclic) bond motifs is 1. The number of halogens is 2. The highest BCUT2D eigenvalue weighted by Gasteiger charge is 2.27. The standard InChI is InChI=1S/C22H17Br2NO/c23-16-9-5-14(6-10-16)21(22(26)15-7-11-17(24)12-8-15)19-13-25-20-4-2-1-3-18(19)20/h1-13,21-22,25-26H/t21-,22+/m0/s1. The highest BCUT2D eigenvalue weighted by molar-refractivity contribution is 9.10. The van der Waals surface area contributed by atoms with E-state index in [0.29, 0.717) is 0 Å². The third-order valence-electron chi connectivity index (χ3n) is 4.71. The molecule has 0 amide bonds. The average molecular weight is 471 g/mol. The van der Waals surface area contributed by atoms with E-state index in [9.17, 15) is 5.11 Å². The first-order chi connectivity index (χ1) is 12.6. The van der Waals surface area contributed by atoms with Crippen LogP contribution >= 0.6 is 31.9 Å². The molecule has 130 valence electrons. The van der Waals surface area contributed by atoms with Crippen LogP contribution < -0.4 is 0 Å². The second kappa shape index (κ2) is 7.39. The Balaban J connectivity index is 1.86. The van der Waals surface area contributed by atoms with Gasteiger partial charge in [0.15, 0.2) is 0 Å². The molecule has 2 atom stereocenters. The molecule has 26 heavy (non-hydrogen) atoms. The number of aliphatic hydroxyl groups excluding tert-OH is 1. The molecule has 0 aliphatic carbocycles. The Hall–Kier alpha value is -1.88. The fraction of sp³-hybridized carbons (Fsp3) is 0.0909. The van der Waals surface area contributed by atoms with Crippen LogP contribution in [0.4, 0.5) is 0 Å². The molecular formula is C22H17Br2NO. The Bertz CT molecular complexity index is 1020. The average Bonchev–Trinajstić information content (AvgIpc) is 3.08. The van der Waals surface area contributed by atoms with E-state index in [1.807, 2.05) is 54.7 Å². The predicted molar refractivity (Wildman–Crippen MR) is 113 cm³/mol. The van der Waals surface area contributed by atoms with Gasteiger partial charge in [-0.15, -0.1) is 0 Å². The van der Waals surface area contributed by atoms with Gasteiger partial charge in [-0.3, -0.25) is 0 Å². The first-order valence-corrected chi connectivity index (χ1v) is 9.97. The van der Waals surface area contributed by atoms with Crippen LogP contribution in [0.15, 0.2) is 87.9 Å². The summed E-state index contributed by atoms with van der Waals surface area (Å²) in [6.07, 6.45) is 1.36. The Labute approximate surface area is 169 Å². The summed E-state index contributed by atoms with van der Waals surface area (Å²) in [5.74, 6) is -0.166. The minimum Gasteiger partial charge on any atom is -0.387 e. The van der Waals surface area contributed by atoms with Crippen LogP contribution in [0, 0.1) is 0 Å². The Morgan fingerprint density at radius 1 is 0.731 bits per heavy atom. The monoisotopic (exact) mass is 469 g/mol. The van der Waals surface area contributed by atoms with E-state index >= 15 is 0 Å². The summed E-state index contributed by atoms with van der Waals surface area (Å²) in [5.41, 5.74) is 4.14. The molecule has 0 spiro atoms. The van der Waals surface area contributed by atoms with Crippen molar-refractivity contribution in [1.82, 2.24) is 4.98 Å². The molecule has 4 rings (SSSR count). The summed E-state index contributed by atoms with van der Waals surface area (Å²) < 4.78 is 2.03. The minimum atomic E-state index is -0.650. The quantitative estimate of drug-likeness (QED) is 0.348. The van der Waals surface area contributed by atoms with Gasteiger partial charge in [0.1, 0.15) is 0 Å². The van der Waals surface area contributed by atoms with Gasteiger partial charge in [-0.25, -0.2) is 0 Å². The van der Waals surface area contributed by atoms with Gasteiger partial charge >= 0.3 is 0 Å². The molecule has 0 saturated carbocycles. The van der Waals surface area contributed by atoms with Gasteiger partial charge in [0.25, 0.3) is 0 Å². The molecule has 0 aliphatic rings. The zero-order chi connectivity index (χ0) is 18.1. The highest BCUT2D eigenvalue weighted by Crippen LogP contribution is 2.40. The highest BCUT2D eigenvalue weighted by atomic mass is 79.9. The summed E-state index contributed by atoms with van der Waals surface area (Å²) in [6, 6.07) is 24.2. The lowest BCUT2D eigenvalue weighted by Crippen LogP contribution is -2.12. The van der Waals surface area contributed by atoms with Gasteiger partial charge in [-0.1, -0.05) is 74.3 Å². The molecule has 0 radical (unpaired) electrons. The molecular weight excluding hydrogens is 454 g/mol. The van der Waals surface area contributed by atoms with Gasteiger partial charge < -0.3 is 10.1 Å². The lowest BCUT2D eigenvalue weighted by molar-refractivity contribution is 0.159. The van der Waals surface area contributed by atoms with Crippen molar-refractivity contribution in [2.45, 2.75) is 12.0 Å². The van der Waals surface area contributed by atoms with Crippen LogP contribution in [0.5, 0.6) is 0 Å². The molecule has 0 fully saturated rings. The number of hydrogen-bond acceptors (Lipinski definition) is 1. The number of nitrogens with one attached hydrogen (secondary N) is 1. The number of benzene rings is 3. The fourth-order valence-electron chi connectivity index (χ4n) is 3.41. The largest absolute Gasteiger partial charge is 0.387 e. The Morgan fingerprint density at radius 2 is 1.31 bits per heavy atom. The van der Waals surface area contributed by atoms with Crippen molar-refractivity contribution in [3.63, 3.8) is 0 Å². The van der Waals surface area contributed by atoms with E-state index < -0.39 is 6.10 Å². The van der Waals surface area contributed by atoms with Crippen LogP contribution in [-0.2, 0) is 0 Å². The molecule has 1 heterocycles. The normalized spacial score (nSPS) is 13.7. The van der Waals surface area contributed by atoms with Crippen molar-refractivity contribution in [1.29, 1.82) is 0 Å². The molecule has 2 N–H and O–H groups in total. The molecule has 3 aromatic carbocycles. The number of H-pyrrole nitrogens is 1. The van der Waals surface area contributed by atoms with Gasteiger partial charge in [0.2, 0.25) is 0 Å². The van der Waals surface area contributed by atoms with Crippen LogP contribution in [0.25, 0.3) is 10.9 Å². The Morgan fingerprint density at radius 3 is 1.96 bits per heavy atom. The molecule has 1 aromatic heterocycles. The van der Waals surface area contributed by atoms with Gasteiger partial charge in [0.05, 0.1) is 6.10 Å². The molecule has 0 aliphatic heterocycles. The lowest BCUT2D eigenvalue weighted by Gasteiger charge is -2.24. The van der Waals surface area contributed by atoms with Crippen LogP contribution in [-0.4, -0.2) is 10.1 Å². The zero-order valence-corrected chi connectivity index (χ0v) is 17.0. The number of aliphatic hydroxyl groups is 1. The van der Waals surface area contributed by atoms with E-state index in [1.165, 1.54) is 0 Å². The first-order valence-electron chi connectivity index (χ1n) is 8.38. The smallest absolute Gasteiger partial charge is 0.0899 e. The molecule has 4 heteroatoms. The summed E-state index contributed by atoms with van der Waals surface area (Å²) in [4.78, 5) is 3.34. The first kappa shape index (κ1) is 17.5. The van der Waals surface area contributed by atoms with Crippen molar-refractivity contribution < 1.29 is 5.11 Å². The summed E-state index contributed by atoms with van der Waals surface area (Å²) in [7, 11) is 0. The second-order valence-corrected chi connectivity index (χ2v) is 8.15. The van der Waals surface area contributed by atoms with Crippen molar-refractivity contribution in [2.24, 2.45) is 0 Å². The maximum absolute atomic E-state index is 11.3. The number of aromatic nitrogens is 1. The number of aromatic amines is 1. The van der Waals surface area contributed by atoms with Crippen molar-refractivity contribution in [3.8, 4) is 0 Å². The van der Waals surface area contributed by atoms with E-state index in [2.05, 4.69) is 61.1 Å². The van der Waals surface area contributed by atoms with Gasteiger partial charge in [-0.05, 0) is 47.0 Å². The fourth-order valence-corrected chi connectivity index (χ4v) is 3.93. The summed E-state index contributed by atoms with van der Waals surface area (Å²) in [6.45, 7) is 0.